The average Bonchev–Trinajstić information content (AvgIpc) is 2.41. The molecule has 1 fully saturated rings. The van der Waals surface area contributed by atoms with E-state index in [-0.39, 0.29) is 0 Å². The molecule has 1 saturated carbocycles. The van der Waals surface area contributed by atoms with E-state index in [2.05, 4.69) is 37.4 Å². The first-order valence-electron chi connectivity index (χ1n) is 7.84. The Kier molecular flexibility index (Phi) is 6.73. The van der Waals surface area contributed by atoms with Crippen molar-refractivity contribution in [3.8, 4) is 0 Å². The number of nitrogens with one attached hydrogen (secondary N) is 1. The van der Waals surface area contributed by atoms with E-state index in [4.69, 9.17) is 11.6 Å². The Hall–Kier alpha value is -0.180. The summed E-state index contributed by atoms with van der Waals surface area (Å²) in [6, 6.07) is 6.56. The molecule has 1 aliphatic carbocycles. The first kappa shape index (κ1) is 16.2. The molecule has 2 atom stereocenters. The summed E-state index contributed by atoms with van der Waals surface area (Å²) in [5.74, 6) is 0.884. The van der Waals surface area contributed by atoms with E-state index in [0.717, 1.165) is 35.7 Å². The molecule has 3 heteroatoms. The van der Waals surface area contributed by atoms with Crippen LogP contribution in [0, 0.1) is 5.92 Å². The predicted octanol–water partition coefficient (Wildman–Crippen LogP) is 5.51. The molecular formula is C17H26ClNS. The second-order valence-corrected chi connectivity index (χ2v) is 7.72. The highest BCUT2D eigenvalue weighted by atomic mass is 35.5. The Morgan fingerprint density at radius 3 is 2.90 bits per heavy atom. The zero-order chi connectivity index (χ0) is 14.4. The first-order valence-corrected chi connectivity index (χ1v) is 9.10. The Bertz CT molecular complexity index is 421. The molecule has 1 N–H and O–H groups in total. The van der Waals surface area contributed by atoms with Crippen molar-refractivity contribution in [2.75, 3.05) is 6.54 Å². The minimum Gasteiger partial charge on any atom is -0.313 e. The molecule has 0 aromatic heterocycles. The minimum atomic E-state index is 0.777. The number of rotatable bonds is 6. The quantitative estimate of drug-likeness (QED) is 0.695. The molecule has 0 radical (unpaired) electrons. The summed E-state index contributed by atoms with van der Waals surface area (Å²) in [7, 11) is 0. The lowest BCUT2D eigenvalue weighted by Gasteiger charge is -2.26. The Morgan fingerprint density at radius 2 is 2.20 bits per heavy atom. The summed E-state index contributed by atoms with van der Waals surface area (Å²) in [6.45, 7) is 6.48. The van der Waals surface area contributed by atoms with Crippen molar-refractivity contribution < 1.29 is 0 Å². The largest absolute Gasteiger partial charge is 0.313 e. The predicted molar refractivity (Wildman–Crippen MR) is 90.7 cm³/mol. The van der Waals surface area contributed by atoms with Gasteiger partial charge in [0.05, 0.1) is 0 Å². The fourth-order valence-electron chi connectivity index (χ4n) is 2.82. The summed E-state index contributed by atoms with van der Waals surface area (Å²) in [5.41, 5.74) is 1.21. The molecule has 112 valence electrons. The fraction of sp³-hybridized carbons (Fsp3) is 0.647. The maximum absolute atomic E-state index is 6.40. The van der Waals surface area contributed by atoms with Gasteiger partial charge in [0.2, 0.25) is 0 Å². The van der Waals surface area contributed by atoms with Gasteiger partial charge in [0.15, 0.2) is 0 Å². The number of hydrogen-bond donors (Lipinski definition) is 1. The van der Waals surface area contributed by atoms with Gasteiger partial charge in [-0.2, -0.15) is 0 Å². The van der Waals surface area contributed by atoms with E-state index in [9.17, 15) is 0 Å². The molecule has 1 aromatic carbocycles. The SMILES string of the molecule is CCCNCc1ccc(SC2CCCC(C)C2)cc1Cl. The van der Waals surface area contributed by atoms with Crippen LogP contribution in [0.25, 0.3) is 0 Å². The van der Waals surface area contributed by atoms with Crippen LogP contribution in [-0.2, 0) is 6.54 Å². The van der Waals surface area contributed by atoms with Gasteiger partial charge in [-0.15, -0.1) is 11.8 Å². The van der Waals surface area contributed by atoms with Crippen molar-refractivity contribution in [1.82, 2.24) is 5.32 Å². The maximum atomic E-state index is 6.40. The lowest BCUT2D eigenvalue weighted by Crippen LogP contribution is -2.15. The third kappa shape index (κ3) is 4.98. The smallest absolute Gasteiger partial charge is 0.0462 e. The van der Waals surface area contributed by atoms with E-state index in [0.29, 0.717) is 0 Å². The second-order valence-electron chi connectivity index (χ2n) is 5.94. The molecule has 2 unspecified atom stereocenters. The molecule has 0 heterocycles. The van der Waals surface area contributed by atoms with Crippen LogP contribution < -0.4 is 5.32 Å². The van der Waals surface area contributed by atoms with Gasteiger partial charge in [-0.05, 0) is 49.4 Å². The molecule has 0 bridgehead atoms. The molecule has 0 spiro atoms. The fourth-order valence-corrected chi connectivity index (χ4v) is 4.56. The standard InChI is InChI=1S/C17H26ClNS/c1-3-9-19-12-14-7-8-16(11-17(14)18)20-15-6-4-5-13(2)10-15/h7-8,11,13,15,19H,3-6,9-10,12H2,1-2H3. The molecule has 0 saturated heterocycles. The maximum Gasteiger partial charge on any atom is 0.0462 e. The van der Waals surface area contributed by atoms with Crippen LogP contribution in [0.1, 0.15) is 51.5 Å². The van der Waals surface area contributed by atoms with Gasteiger partial charge in [0.1, 0.15) is 0 Å². The minimum absolute atomic E-state index is 0.777. The van der Waals surface area contributed by atoms with Crippen molar-refractivity contribution in [3.05, 3.63) is 28.8 Å². The number of hydrogen-bond acceptors (Lipinski definition) is 2. The van der Waals surface area contributed by atoms with E-state index in [1.165, 1.54) is 36.1 Å². The summed E-state index contributed by atoms with van der Waals surface area (Å²) < 4.78 is 0. The highest BCUT2D eigenvalue weighted by molar-refractivity contribution is 8.00. The van der Waals surface area contributed by atoms with Gasteiger partial charge in [0.25, 0.3) is 0 Å². The first-order chi connectivity index (χ1) is 9.69. The second kappa shape index (κ2) is 8.31. The van der Waals surface area contributed by atoms with Crippen LogP contribution >= 0.6 is 23.4 Å². The van der Waals surface area contributed by atoms with Gasteiger partial charge < -0.3 is 5.32 Å². The van der Waals surface area contributed by atoms with Gasteiger partial charge in [-0.1, -0.05) is 44.4 Å². The lowest BCUT2D eigenvalue weighted by molar-refractivity contribution is 0.394. The number of halogens is 1. The molecule has 1 aliphatic rings. The molecule has 1 aromatic rings. The van der Waals surface area contributed by atoms with Crippen LogP contribution in [0.4, 0.5) is 0 Å². The third-order valence-corrected chi connectivity index (χ3v) is 5.60. The van der Waals surface area contributed by atoms with E-state index >= 15 is 0 Å². The molecule has 1 nitrogen and oxygen atoms in total. The molecule has 0 amide bonds. The van der Waals surface area contributed by atoms with Crippen LogP contribution in [0.5, 0.6) is 0 Å². The van der Waals surface area contributed by atoms with Crippen LogP contribution in [0.15, 0.2) is 23.1 Å². The van der Waals surface area contributed by atoms with E-state index in [1.54, 1.807) is 0 Å². The Labute approximate surface area is 132 Å². The lowest BCUT2D eigenvalue weighted by atomic mass is 9.91. The van der Waals surface area contributed by atoms with Gasteiger partial charge in [0, 0.05) is 21.7 Å². The van der Waals surface area contributed by atoms with E-state index in [1.807, 2.05) is 11.8 Å². The summed E-state index contributed by atoms with van der Waals surface area (Å²) in [6.07, 6.45) is 6.64. The van der Waals surface area contributed by atoms with Crippen LogP contribution in [0.3, 0.4) is 0 Å². The zero-order valence-corrected chi connectivity index (χ0v) is 14.2. The van der Waals surface area contributed by atoms with Gasteiger partial charge in [-0.3, -0.25) is 0 Å². The van der Waals surface area contributed by atoms with Crippen molar-refractivity contribution in [2.45, 2.75) is 62.6 Å². The molecule has 0 aliphatic heterocycles. The average molecular weight is 312 g/mol. The highest BCUT2D eigenvalue weighted by Gasteiger charge is 2.19. The summed E-state index contributed by atoms with van der Waals surface area (Å²) >= 11 is 8.42. The number of thioether (sulfide) groups is 1. The third-order valence-electron chi connectivity index (χ3n) is 3.96. The van der Waals surface area contributed by atoms with Crippen molar-refractivity contribution in [1.29, 1.82) is 0 Å². The normalized spacial score (nSPS) is 22.9. The molecule has 2 rings (SSSR count). The van der Waals surface area contributed by atoms with Crippen molar-refractivity contribution in [2.24, 2.45) is 5.92 Å². The Balaban J connectivity index is 1.91. The Morgan fingerprint density at radius 1 is 1.35 bits per heavy atom. The van der Waals surface area contributed by atoms with Crippen molar-refractivity contribution >= 4 is 23.4 Å². The molecule has 20 heavy (non-hydrogen) atoms. The number of benzene rings is 1. The van der Waals surface area contributed by atoms with Gasteiger partial charge in [-0.25, -0.2) is 0 Å². The topological polar surface area (TPSA) is 12.0 Å². The van der Waals surface area contributed by atoms with Crippen LogP contribution in [-0.4, -0.2) is 11.8 Å². The monoisotopic (exact) mass is 311 g/mol. The van der Waals surface area contributed by atoms with E-state index < -0.39 is 0 Å². The zero-order valence-electron chi connectivity index (χ0n) is 12.6. The van der Waals surface area contributed by atoms with Crippen molar-refractivity contribution in [3.63, 3.8) is 0 Å². The summed E-state index contributed by atoms with van der Waals surface area (Å²) in [4.78, 5) is 1.33. The highest BCUT2D eigenvalue weighted by Crippen LogP contribution is 2.37. The molecular weight excluding hydrogens is 286 g/mol. The van der Waals surface area contributed by atoms with Gasteiger partial charge >= 0.3 is 0 Å². The summed E-state index contributed by atoms with van der Waals surface area (Å²) in [5, 5.41) is 5.09. The van der Waals surface area contributed by atoms with Crippen LogP contribution in [0.2, 0.25) is 5.02 Å².